The molecule has 0 aliphatic carbocycles. The van der Waals surface area contributed by atoms with Gasteiger partial charge < -0.3 is 14.8 Å². The molecule has 3 rings (SSSR count). The fraction of sp³-hybridized carbons (Fsp3) is 0.385. The van der Waals surface area contributed by atoms with Crippen molar-refractivity contribution in [2.45, 2.75) is 45.8 Å². The van der Waals surface area contributed by atoms with Crippen LogP contribution >= 0.6 is 23.1 Å². The van der Waals surface area contributed by atoms with Crippen molar-refractivity contribution in [3.05, 3.63) is 53.4 Å². The zero-order valence-corrected chi connectivity index (χ0v) is 22.7. The summed E-state index contributed by atoms with van der Waals surface area (Å²) < 4.78 is 12.8. The van der Waals surface area contributed by atoms with Crippen LogP contribution in [-0.2, 0) is 22.5 Å². The summed E-state index contributed by atoms with van der Waals surface area (Å²) in [5, 5.41) is 12.6. The van der Waals surface area contributed by atoms with E-state index in [1.54, 1.807) is 19.1 Å². The van der Waals surface area contributed by atoms with Crippen LogP contribution in [0.5, 0.6) is 5.75 Å². The number of thiophene rings is 1. The molecule has 1 amide bonds. The Morgan fingerprint density at radius 3 is 2.61 bits per heavy atom. The molecule has 8 nitrogen and oxygen atoms in total. The lowest BCUT2D eigenvalue weighted by Crippen LogP contribution is -2.16. The van der Waals surface area contributed by atoms with Crippen LogP contribution in [0.2, 0.25) is 0 Å². The maximum atomic E-state index is 12.7. The number of ether oxygens (including phenoxy) is 2. The van der Waals surface area contributed by atoms with Crippen LogP contribution in [0.1, 0.15) is 42.9 Å². The van der Waals surface area contributed by atoms with Crippen molar-refractivity contribution in [1.82, 2.24) is 14.8 Å². The minimum absolute atomic E-state index is 0.110. The number of benzene rings is 1. The summed E-state index contributed by atoms with van der Waals surface area (Å²) in [4.78, 5) is 26.0. The van der Waals surface area contributed by atoms with Crippen molar-refractivity contribution in [1.29, 1.82) is 0 Å². The van der Waals surface area contributed by atoms with Gasteiger partial charge in [-0.3, -0.25) is 9.36 Å². The monoisotopic (exact) mass is 528 g/mol. The average molecular weight is 529 g/mol. The van der Waals surface area contributed by atoms with Gasteiger partial charge in [0.05, 0.1) is 24.5 Å². The van der Waals surface area contributed by atoms with Gasteiger partial charge >= 0.3 is 5.97 Å². The van der Waals surface area contributed by atoms with E-state index in [-0.39, 0.29) is 18.3 Å². The van der Waals surface area contributed by atoms with Crippen molar-refractivity contribution < 1.29 is 19.1 Å². The highest BCUT2D eigenvalue weighted by Gasteiger charge is 2.20. The van der Waals surface area contributed by atoms with E-state index in [0.717, 1.165) is 22.6 Å². The summed E-state index contributed by atoms with van der Waals surface area (Å²) in [7, 11) is 0. The number of aromatic nitrogens is 3. The van der Waals surface area contributed by atoms with Crippen LogP contribution in [0.25, 0.3) is 11.4 Å². The number of nitrogens with one attached hydrogen (secondary N) is 1. The first-order valence-electron chi connectivity index (χ1n) is 11.9. The molecule has 3 aromatic rings. The Morgan fingerprint density at radius 2 is 1.97 bits per heavy atom. The average Bonchev–Trinajstić information content (AvgIpc) is 3.46. The van der Waals surface area contributed by atoms with Crippen molar-refractivity contribution in [2.24, 2.45) is 5.92 Å². The molecule has 0 unspecified atom stereocenters. The number of hydrogen-bond donors (Lipinski definition) is 1. The maximum absolute atomic E-state index is 12.7. The van der Waals surface area contributed by atoms with Crippen LogP contribution < -0.4 is 10.1 Å². The number of esters is 1. The molecule has 10 heteroatoms. The normalized spacial score (nSPS) is 10.9. The molecule has 2 aromatic heterocycles. The standard InChI is InChI=1S/C26H32N4O4S2/c1-6-13-30-23(18-9-11-19(12-10-18)34-15-17(4)5)28-29-26(30)35-16-22(31)27-24-21(25(32)33-8-3)14-20(7-2)36-24/h6,9-12,14,17H,1,7-8,13,15-16H2,2-5H3,(H,27,31). The number of nitrogens with zero attached hydrogens (tertiary/aromatic N) is 3. The Hall–Kier alpha value is -3.11. The van der Waals surface area contributed by atoms with Gasteiger partial charge in [-0.1, -0.05) is 38.6 Å². The van der Waals surface area contributed by atoms with Crippen molar-refractivity contribution in [3.8, 4) is 17.1 Å². The molecule has 36 heavy (non-hydrogen) atoms. The zero-order valence-electron chi connectivity index (χ0n) is 21.1. The topological polar surface area (TPSA) is 95.3 Å². The third kappa shape index (κ3) is 7.20. The number of aryl methyl sites for hydroxylation is 1. The summed E-state index contributed by atoms with van der Waals surface area (Å²) in [5.74, 6) is 1.36. The molecule has 0 radical (unpaired) electrons. The summed E-state index contributed by atoms with van der Waals surface area (Å²) in [6.07, 6.45) is 2.53. The van der Waals surface area contributed by atoms with E-state index < -0.39 is 5.97 Å². The van der Waals surface area contributed by atoms with Gasteiger partial charge in [-0.15, -0.1) is 28.1 Å². The third-order valence-corrected chi connectivity index (χ3v) is 7.10. The smallest absolute Gasteiger partial charge is 0.341 e. The quantitative estimate of drug-likeness (QED) is 0.173. The van der Waals surface area contributed by atoms with Gasteiger partial charge in [0.2, 0.25) is 5.91 Å². The fourth-order valence-electron chi connectivity index (χ4n) is 3.23. The lowest BCUT2D eigenvalue weighted by molar-refractivity contribution is -0.113. The molecule has 0 aliphatic rings. The molecule has 192 valence electrons. The molecule has 1 aromatic carbocycles. The predicted molar refractivity (Wildman–Crippen MR) is 145 cm³/mol. The minimum Gasteiger partial charge on any atom is -0.493 e. The number of thioether (sulfide) groups is 1. The van der Waals surface area contributed by atoms with Gasteiger partial charge in [-0.25, -0.2) is 4.79 Å². The fourth-order valence-corrected chi connectivity index (χ4v) is 4.98. The highest BCUT2D eigenvalue weighted by Crippen LogP contribution is 2.30. The molecule has 0 fully saturated rings. The van der Waals surface area contributed by atoms with Gasteiger partial charge in [0, 0.05) is 17.0 Å². The van der Waals surface area contributed by atoms with Crippen LogP contribution in [0.4, 0.5) is 5.00 Å². The van der Waals surface area contributed by atoms with Crippen molar-refractivity contribution in [3.63, 3.8) is 0 Å². The van der Waals surface area contributed by atoms with E-state index in [2.05, 4.69) is 35.9 Å². The van der Waals surface area contributed by atoms with Crippen LogP contribution in [0.3, 0.4) is 0 Å². The molecule has 0 saturated heterocycles. The maximum Gasteiger partial charge on any atom is 0.341 e. The van der Waals surface area contributed by atoms with E-state index in [1.165, 1.54) is 23.1 Å². The third-order valence-electron chi connectivity index (χ3n) is 4.94. The summed E-state index contributed by atoms with van der Waals surface area (Å²) in [6.45, 7) is 13.2. The van der Waals surface area contributed by atoms with Crippen molar-refractivity contribution in [2.75, 3.05) is 24.3 Å². The summed E-state index contributed by atoms with van der Waals surface area (Å²) in [6, 6.07) is 9.49. The number of amides is 1. The second-order valence-electron chi connectivity index (χ2n) is 8.30. The summed E-state index contributed by atoms with van der Waals surface area (Å²) in [5.41, 5.74) is 1.28. The minimum atomic E-state index is -0.438. The zero-order chi connectivity index (χ0) is 26.1. The number of hydrogen-bond acceptors (Lipinski definition) is 8. The largest absolute Gasteiger partial charge is 0.493 e. The molecule has 0 aliphatic heterocycles. The van der Waals surface area contributed by atoms with Crippen LogP contribution in [-0.4, -0.2) is 45.6 Å². The second kappa shape index (κ2) is 13.3. The van der Waals surface area contributed by atoms with Gasteiger partial charge in [-0.05, 0) is 49.6 Å². The molecule has 0 saturated carbocycles. The van der Waals surface area contributed by atoms with E-state index in [4.69, 9.17) is 9.47 Å². The Labute approximate surface area is 220 Å². The van der Waals surface area contributed by atoms with Crippen LogP contribution in [0.15, 0.2) is 48.1 Å². The molecular formula is C26H32N4O4S2. The van der Waals surface area contributed by atoms with Gasteiger partial charge in [0.25, 0.3) is 0 Å². The van der Waals surface area contributed by atoms with Crippen LogP contribution in [0, 0.1) is 5.92 Å². The number of carbonyl (C=O) groups excluding carboxylic acids is 2. The van der Waals surface area contributed by atoms with Gasteiger partial charge in [0.1, 0.15) is 10.8 Å². The predicted octanol–water partition coefficient (Wildman–Crippen LogP) is 5.70. The van der Waals surface area contributed by atoms with Gasteiger partial charge in [-0.2, -0.15) is 0 Å². The molecule has 0 bridgehead atoms. The molecular weight excluding hydrogens is 496 g/mol. The molecule has 0 spiro atoms. The number of carbonyl (C=O) groups is 2. The first kappa shape index (κ1) is 27.5. The highest BCUT2D eigenvalue weighted by atomic mass is 32.2. The lowest BCUT2D eigenvalue weighted by Gasteiger charge is -2.10. The Balaban J connectivity index is 1.70. The molecule has 1 N–H and O–H groups in total. The van der Waals surface area contributed by atoms with E-state index in [1.807, 2.05) is 35.8 Å². The van der Waals surface area contributed by atoms with E-state index >= 15 is 0 Å². The molecule has 0 atom stereocenters. The second-order valence-corrected chi connectivity index (χ2v) is 10.4. The number of anilines is 1. The lowest BCUT2D eigenvalue weighted by atomic mass is 10.2. The highest BCUT2D eigenvalue weighted by molar-refractivity contribution is 7.99. The van der Waals surface area contributed by atoms with E-state index in [9.17, 15) is 9.59 Å². The molecule has 2 heterocycles. The van der Waals surface area contributed by atoms with Gasteiger partial charge in [0.15, 0.2) is 11.0 Å². The summed E-state index contributed by atoms with van der Waals surface area (Å²) >= 11 is 2.66. The number of allylic oxidation sites excluding steroid dienone is 1. The first-order valence-corrected chi connectivity index (χ1v) is 13.7. The Bertz CT molecular complexity index is 1190. The van der Waals surface area contributed by atoms with E-state index in [0.29, 0.717) is 40.6 Å². The Kier molecular flexibility index (Phi) is 10.1. The Morgan fingerprint density at radius 1 is 1.22 bits per heavy atom. The van der Waals surface area contributed by atoms with Crippen molar-refractivity contribution >= 4 is 40.0 Å². The number of rotatable bonds is 13. The SMILES string of the molecule is C=CCn1c(SCC(=O)Nc2sc(CC)cc2C(=O)OCC)nnc1-c1ccc(OCC(C)C)cc1. The first-order chi connectivity index (χ1) is 17.4.